The van der Waals surface area contributed by atoms with Gasteiger partial charge in [0.15, 0.2) is 5.78 Å². The minimum Gasteiger partial charge on any atom is -0.460 e. The summed E-state index contributed by atoms with van der Waals surface area (Å²) in [7, 11) is 0. The fourth-order valence-corrected chi connectivity index (χ4v) is 2.08. The number of ether oxygens (including phenoxy) is 1. The molecule has 5 nitrogen and oxygen atoms in total. The van der Waals surface area contributed by atoms with Crippen molar-refractivity contribution in [2.24, 2.45) is 0 Å². The Morgan fingerprint density at radius 2 is 1.78 bits per heavy atom. The number of esters is 1. The molecule has 0 aromatic carbocycles. The Kier molecular flexibility index (Phi) is 4.89. The monoisotopic (exact) mass is 312 g/mol. The van der Waals surface area contributed by atoms with E-state index in [1.54, 1.807) is 45.3 Å². The highest BCUT2D eigenvalue weighted by Gasteiger charge is 2.20. The van der Waals surface area contributed by atoms with E-state index in [4.69, 9.17) is 4.74 Å². The molecule has 0 saturated carbocycles. The molecule has 5 heteroatoms. The predicted molar refractivity (Wildman–Crippen MR) is 87.0 cm³/mol. The maximum absolute atomic E-state index is 12.3. The maximum atomic E-state index is 12.3. The van der Waals surface area contributed by atoms with Gasteiger partial charge in [-0.05, 0) is 52.0 Å². The fraction of sp³-hybridized carbons (Fsp3) is 0.333. The first-order valence-corrected chi connectivity index (χ1v) is 7.39. The smallest absolute Gasteiger partial charge is 0.314 e. The van der Waals surface area contributed by atoms with Crippen LogP contribution in [0.15, 0.2) is 36.7 Å². The number of aromatic nitrogens is 2. The average Bonchev–Trinajstić information content (AvgIpc) is 2.45. The molecule has 0 radical (unpaired) electrons. The second-order valence-electron chi connectivity index (χ2n) is 6.30. The normalized spacial score (nSPS) is 11.1. The molecular weight excluding hydrogens is 292 g/mol. The number of ketones is 1. The van der Waals surface area contributed by atoms with Gasteiger partial charge in [-0.25, -0.2) is 0 Å². The van der Waals surface area contributed by atoms with Gasteiger partial charge in [0, 0.05) is 29.2 Å². The minimum atomic E-state index is -0.602. The van der Waals surface area contributed by atoms with Crippen molar-refractivity contribution in [3.8, 4) is 11.3 Å². The van der Waals surface area contributed by atoms with E-state index in [1.807, 2.05) is 19.1 Å². The highest BCUT2D eigenvalue weighted by Crippen LogP contribution is 2.19. The second kappa shape index (κ2) is 6.69. The van der Waals surface area contributed by atoms with Crippen LogP contribution in [0.2, 0.25) is 0 Å². The Morgan fingerprint density at radius 1 is 1.09 bits per heavy atom. The molecule has 0 aliphatic heterocycles. The van der Waals surface area contributed by atoms with Gasteiger partial charge in [-0.15, -0.1) is 0 Å². The average molecular weight is 312 g/mol. The first kappa shape index (κ1) is 16.8. The van der Waals surface area contributed by atoms with Crippen LogP contribution in [0.3, 0.4) is 0 Å². The zero-order valence-electron chi connectivity index (χ0n) is 13.8. The molecule has 2 rings (SSSR count). The predicted octanol–water partition coefficient (Wildman–Crippen LogP) is 3.37. The Balaban J connectivity index is 2.16. The van der Waals surface area contributed by atoms with Gasteiger partial charge in [0.2, 0.25) is 0 Å². The third-order valence-electron chi connectivity index (χ3n) is 3.00. The zero-order valence-corrected chi connectivity index (χ0v) is 13.8. The Labute approximate surface area is 135 Å². The van der Waals surface area contributed by atoms with Gasteiger partial charge >= 0.3 is 5.97 Å². The first-order valence-electron chi connectivity index (χ1n) is 7.39. The van der Waals surface area contributed by atoms with Crippen LogP contribution in [0.25, 0.3) is 11.3 Å². The molecule has 2 aromatic rings. The SMILES string of the molecule is Cc1cc(-c2cc(C(=O)CC(=O)OC(C)(C)C)ccn2)ccn1. The summed E-state index contributed by atoms with van der Waals surface area (Å²) < 4.78 is 5.18. The van der Waals surface area contributed by atoms with Crippen molar-refractivity contribution < 1.29 is 14.3 Å². The second-order valence-corrected chi connectivity index (χ2v) is 6.30. The first-order chi connectivity index (χ1) is 10.7. The molecule has 0 atom stereocenters. The quantitative estimate of drug-likeness (QED) is 0.492. The van der Waals surface area contributed by atoms with Crippen LogP contribution >= 0.6 is 0 Å². The van der Waals surface area contributed by atoms with Crippen LogP contribution < -0.4 is 0 Å². The van der Waals surface area contributed by atoms with Crippen LogP contribution in [-0.2, 0) is 9.53 Å². The molecule has 0 bridgehead atoms. The molecule has 0 aliphatic carbocycles. The Bertz CT molecular complexity index is 733. The summed E-state index contributed by atoms with van der Waals surface area (Å²) in [6.45, 7) is 7.20. The van der Waals surface area contributed by atoms with E-state index in [-0.39, 0.29) is 12.2 Å². The number of hydrogen-bond donors (Lipinski definition) is 0. The van der Waals surface area contributed by atoms with Crippen LogP contribution in [0.5, 0.6) is 0 Å². The van der Waals surface area contributed by atoms with Gasteiger partial charge in [0.05, 0.1) is 5.69 Å². The Morgan fingerprint density at radius 3 is 2.43 bits per heavy atom. The number of pyridine rings is 2. The molecule has 0 aliphatic rings. The summed E-state index contributed by atoms with van der Waals surface area (Å²) in [4.78, 5) is 32.4. The van der Waals surface area contributed by atoms with E-state index in [2.05, 4.69) is 9.97 Å². The summed E-state index contributed by atoms with van der Waals surface area (Å²) in [6, 6.07) is 7.01. The van der Waals surface area contributed by atoms with E-state index in [0.717, 1.165) is 11.3 Å². The molecule has 0 amide bonds. The van der Waals surface area contributed by atoms with Gasteiger partial charge in [-0.1, -0.05) is 0 Å². The summed E-state index contributed by atoms with van der Waals surface area (Å²) in [6.07, 6.45) is 2.98. The number of aryl methyl sites for hydroxylation is 1. The van der Waals surface area contributed by atoms with Crippen molar-refractivity contribution in [3.63, 3.8) is 0 Å². The lowest BCUT2D eigenvalue weighted by Gasteiger charge is -2.19. The molecule has 23 heavy (non-hydrogen) atoms. The molecule has 0 fully saturated rings. The van der Waals surface area contributed by atoms with Crippen molar-refractivity contribution in [2.75, 3.05) is 0 Å². The largest absolute Gasteiger partial charge is 0.460 e. The number of nitrogens with zero attached hydrogens (tertiary/aromatic N) is 2. The summed E-state index contributed by atoms with van der Waals surface area (Å²) >= 11 is 0. The minimum absolute atomic E-state index is 0.282. The van der Waals surface area contributed by atoms with E-state index < -0.39 is 11.6 Å². The third-order valence-corrected chi connectivity index (χ3v) is 3.00. The van der Waals surface area contributed by atoms with Gasteiger partial charge in [0.25, 0.3) is 0 Å². The topological polar surface area (TPSA) is 69.2 Å². The lowest BCUT2D eigenvalue weighted by Crippen LogP contribution is -2.25. The number of Topliss-reactive ketones (excluding diaryl/α,β-unsaturated/α-hetero) is 1. The zero-order chi connectivity index (χ0) is 17.0. The summed E-state index contributed by atoms with van der Waals surface area (Å²) in [5.74, 6) is -0.811. The summed E-state index contributed by atoms with van der Waals surface area (Å²) in [5.41, 5.74) is 2.26. The van der Waals surface area contributed by atoms with Crippen molar-refractivity contribution in [2.45, 2.75) is 39.7 Å². The summed E-state index contributed by atoms with van der Waals surface area (Å²) in [5, 5.41) is 0. The lowest BCUT2D eigenvalue weighted by molar-refractivity contribution is -0.153. The van der Waals surface area contributed by atoms with Crippen molar-refractivity contribution in [1.82, 2.24) is 9.97 Å². The number of hydrogen-bond acceptors (Lipinski definition) is 5. The third kappa shape index (κ3) is 4.98. The highest BCUT2D eigenvalue weighted by molar-refractivity contribution is 6.06. The van der Waals surface area contributed by atoms with Gasteiger partial charge in [-0.2, -0.15) is 0 Å². The van der Waals surface area contributed by atoms with E-state index >= 15 is 0 Å². The van der Waals surface area contributed by atoms with Gasteiger partial charge in [-0.3, -0.25) is 19.6 Å². The highest BCUT2D eigenvalue weighted by atomic mass is 16.6. The number of rotatable bonds is 4. The fourth-order valence-electron chi connectivity index (χ4n) is 2.08. The molecular formula is C18H20N2O3. The molecule has 0 spiro atoms. The number of carbonyl (C=O) groups excluding carboxylic acids is 2. The maximum Gasteiger partial charge on any atom is 0.314 e. The van der Waals surface area contributed by atoms with Crippen LogP contribution in [0.4, 0.5) is 0 Å². The van der Waals surface area contributed by atoms with Crippen molar-refractivity contribution in [1.29, 1.82) is 0 Å². The van der Waals surface area contributed by atoms with Crippen LogP contribution in [-0.4, -0.2) is 27.3 Å². The van der Waals surface area contributed by atoms with Gasteiger partial charge < -0.3 is 4.74 Å². The lowest BCUT2D eigenvalue weighted by atomic mass is 10.1. The molecule has 0 unspecified atom stereocenters. The van der Waals surface area contributed by atoms with E-state index in [0.29, 0.717) is 11.3 Å². The van der Waals surface area contributed by atoms with Crippen LogP contribution in [0, 0.1) is 6.92 Å². The van der Waals surface area contributed by atoms with Crippen molar-refractivity contribution in [3.05, 3.63) is 47.9 Å². The molecule has 0 N–H and O–H groups in total. The van der Waals surface area contributed by atoms with E-state index in [1.165, 1.54) is 0 Å². The number of carbonyl (C=O) groups is 2. The standard InChI is InChI=1S/C18H20N2O3/c1-12-9-13(5-7-19-12)15-10-14(6-8-20-15)16(21)11-17(22)23-18(2,3)4/h5-10H,11H2,1-4H3. The van der Waals surface area contributed by atoms with E-state index in [9.17, 15) is 9.59 Å². The Hall–Kier alpha value is -2.56. The van der Waals surface area contributed by atoms with Crippen LogP contribution in [0.1, 0.15) is 43.2 Å². The molecule has 2 heterocycles. The molecule has 2 aromatic heterocycles. The molecule has 120 valence electrons. The van der Waals surface area contributed by atoms with Gasteiger partial charge in [0.1, 0.15) is 12.0 Å². The molecule has 0 saturated heterocycles. The van der Waals surface area contributed by atoms with Crippen molar-refractivity contribution >= 4 is 11.8 Å².